The van der Waals surface area contributed by atoms with Crippen LogP contribution >= 0.6 is 11.6 Å². The third kappa shape index (κ3) is 2.17. The number of rotatable bonds is 3. The Balaban J connectivity index is 1.85. The number of benzene rings is 2. The van der Waals surface area contributed by atoms with Crippen LogP contribution < -0.4 is 5.32 Å². The fourth-order valence-corrected chi connectivity index (χ4v) is 1.99. The summed E-state index contributed by atoms with van der Waals surface area (Å²) in [6.45, 7) is 0.703. The zero-order valence-electron chi connectivity index (χ0n) is 9.56. The maximum Gasteiger partial charge on any atom is 0.177 e. The lowest BCUT2D eigenvalue weighted by molar-refractivity contribution is 0.459. The molecule has 0 saturated heterocycles. The Kier molecular flexibility index (Phi) is 2.90. The van der Waals surface area contributed by atoms with Crippen molar-refractivity contribution in [3.05, 3.63) is 59.1 Å². The first kappa shape index (κ1) is 11.1. The minimum atomic E-state index is 0.675. The number of nitrogens with zero attached hydrogens (tertiary/aromatic N) is 1. The first-order valence-corrected chi connectivity index (χ1v) is 6.03. The van der Waals surface area contributed by atoms with Crippen LogP contribution in [0.4, 0.5) is 5.82 Å². The van der Waals surface area contributed by atoms with Crippen molar-refractivity contribution in [1.29, 1.82) is 0 Å². The minimum Gasteiger partial charge on any atom is -0.363 e. The van der Waals surface area contributed by atoms with Crippen LogP contribution in [0.3, 0.4) is 0 Å². The standard InChI is InChI=1S/C14H11ClN2O/c15-11-6-7-13-12(8-11)14(17-18-13)16-9-10-4-2-1-3-5-10/h1-8H,9H2,(H,16,17). The highest BCUT2D eigenvalue weighted by molar-refractivity contribution is 6.31. The van der Waals surface area contributed by atoms with Gasteiger partial charge in [0.15, 0.2) is 11.4 Å². The van der Waals surface area contributed by atoms with E-state index in [-0.39, 0.29) is 0 Å². The van der Waals surface area contributed by atoms with E-state index in [4.69, 9.17) is 16.1 Å². The summed E-state index contributed by atoms with van der Waals surface area (Å²) < 4.78 is 5.22. The molecule has 1 N–H and O–H groups in total. The normalized spacial score (nSPS) is 10.7. The second-order valence-electron chi connectivity index (χ2n) is 4.01. The van der Waals surface area contributed by atoms with Gasteiger partial charge in [-0.3, -0.25) is 0 Å². The summed E-state index contributed by atoms with van der Waals surface area (Å²) in [5, 5.41) is 8.83. The van der Waals surface area contributed by atoms with Gasteiger partial charge < -0.3 is 9.84 Å². The van der Waals surface area contributed by atoms with Crippen LogP contribution in [-0.4, -0.2) is 5.16 Å². The Morgan fingerprint density at radius 1 is 1.11 bits per heavy atom. The van der Waals surface area contributed by atoms with Gasteiger partial charge in [-0.2, -0.15) is 0 Å². The van der Waals surface area contributed by atoms with Crippen LogP contribution in [0.15, 0.2) is 53.1 Å². The Morgan fingerprint density at radius 3 is 2.78 bits per heavy atom. The van der Waals surface area contributed by atoms with E-state index in [0.29, 0.717) is 11.6 Å². The highest BCUT2D eigenvalue weighted by Crippen LogP contribution is 2.26. The highest BCUT2D eigenvalue weighted by Gasteiger charge is 2.07. The molecule has 2 aromatic carbocycles. The van der Waals surface area contributed by atoms with Crippen molar-refractivity contribution in [2.45, 2.75) is 6.54 Å². The van der Waals surface area contributed by atoms with Crippen molar-refractivity contribution in [3.63, 3.8) is 0 Å². The van der Waals surface area contributed by atoms with E-state index in [1.165, 1.54) is 5.56 Å². The largest absolute Gasteiger partial charge is 0.363 e. The van der Waals surface area contributed by atoms with Crippen molar-refractivity contribution >= 4 is 28.4 Å². The Hall–Kier alpha value is -2.00. The number of aromatic nitrogens is 1. The molecule has 18 heavy (non-hydrogen) atoms. The van der Waals surface area contributed by atoms with Gasteiger partial charge in [0.05, 0.1) is 5.39 Å². The molecule has 0 unspecified atom stereocenters. The van der Waals surface area contributed by atoms with E-state index in [1.807, 2.05) is 30.3 Å². The molecular weight excluding hydrogens is 248 g/mol. The van der Waals surface area contributed by atoms with E-state index in [1.54, 1.807) is 6.07 Å². The van der Waals surface area contributed by atoms with Crippen molar-refractivity contribution in [2.75, 3.05) is 5.32 Å². The first-order chi connectivity index (χ1) is 8.83. The molecule has 1 heterocycles. The second kappa shape index (κ2) is 4.70. The average molecular weight is 259 g/mol. The van der Waals surface area contributed by atoms with E-state index < -0.39 is 0 Å². The maximum atomic E-state index is 5.97. The molecule has 3 aromatic rings. The number of hydrogen-bond donors (Lipinski definition) is 1. The summed E-state index contributed by atoms with van der Waals surface area (Å²) in [6, 6.07) is 15.6. The van der Waals surface area contributed by atoms with Crippen molar-refractivity contribution in [3.8, 4) is 0 Å². The van der Waals surface area contributed by atoms with Gasteiger partial charge in [0, 0.05) is 11.6 Å². The van der Waals surface area contributed by atoms with Crippen LogP contribution in [0.5, 0.6) is 0 Å². The fourth-order valence-electron chi connectivity index (χ4n) is 1.82. The second-order valence-corrected chi connectivity index (χ2v) is 4.45. The van der Waals surface area contributed by atoms with Gasteiger partial charge in [0.2, 0.25) is 0 Å². The SMILES string of the molecule is Clc1ccc2onc(NCc3ccccc3)c2c1. The minimum absolute atomic E-state index is 0.675. The predicted molar refractivity (Wildman–Crippen MR) is 72.8 cm³/mol. The molecule has 0 spiro atoms. The molecule has 0 fully saturated rings. The molecule has 3 rings (SSSR count). The first-order valence-electron chi connectivity index (χ1n) is 5.66. The summed E-state index contributed by atoms with van der Waals surface area (Å²) in [5.41, 5.74) is 1.92. The Labute approximate surface area is 109 Å². The van der Waals surface area contributed by atoms with Gasteiger partial charge >= 0.3 is 0 Å². The number of anilines is 1. The third-order valence-corrected chi connectivity index (χ3v) is 2.97. The predicted octanol–water partition coefficient (Wildman–Crippen LogP) is 4.09. The lowest BCUT2D eigenvalue weighted by atomic mass is 10.2. The van der Waals surface area contributed by atoms with E-state index in [9.17, 15) is 0 Å². The molecule has 0 saturated carbocycles. The van der Waals surface area contributed by atoms with Gasteiger partial charge in [0.1, 0.15) is 0 Å². The molecule has 4 heteroatoms. The quantitative estimate of drug-likeness (QED) is 0.769. The Bertz CT molecular complexity index is 664. The summed E-state index contributed by atoms with van der Waals surface area (Å²) in [5.74, 6) is 0.719. The van der Waals surface area contributed by atoms with Gasteiger partial charge in [-0.1, -0.05) is 47.1 Å². The molecule has 0 aliphatic carbocycles. The molecule has 0 aliphatic rings. The molecule has 3 nitrogen and oxygen atoms in total. The lowest BCUT2D eigenvalue weighted by Crippen LogP contribution is -1.99. The van der Waals surface area contributed by atoms with Crippen LogP contribution in [0.25, 0.3) is 11.0 Å². The Morgan fingerprint density at radius 2 is 1.94 bits per heavy atom. The van der Waals surface area contributed by atoms with Crippen LogP contribution in [-0.2, 0) is 6.54 Å². The fraction of sp³-hybridized carbons (Fsp3) is 0.0714. The van der Waals surface area contributed by atoms with Gasteiger partial charge in [0.25, 0.3) is 0 Å². The number of nitrogens with one attached hydrogen (secondary N) is 1. The monoisotopic (exact) mass is 258 g/mol. The lowest BCUT2D eigenvalue weighted by Gasteiger charge is -2.02. The summed E-state index contributed by atoms with van der Waals surface area (Å²) in [7, 11) is 0. The van der Waals surface area contributed by atoms with Crippen molar-refractivity contribution < 1.29 is 4.52 Å². The number of fused-ring (bicyclic) bond motifs is 1. The smallest absolute Gasteiger partial charge is 0.177 e. The van der Waals surface area contributed by atoms with E-state index in [0.717, 1.165) is 16.8 Å². The molecular formula is C14H11ClN2O. The van der Waals surface area contributed by atoms with Crippen LogP contribution in [0.2, 0.25) is 5.02 Å². The number of hydrogen-bond acceptors (Lipinski definition) is 3. The zero-order valence-corrected chi connectivity index (χ0v) is 10.3. The zero-order chi connectivity index (χ0) is 12.4. The van der Waals surface area contributed by atoms with Crippen LogP contribution in [0.1, 0.15) is 5.56 Å². The van der Waals surface area contributed by atoms with Crippen molar-refractivity contribution in [1.82, 2.24) is 5.16 Å². The van der Waals surface area contributed by atoms with Crippen molar-refractivity contribution in [2.24, 2.45) is 0 Å². The maximum absolute atomic E-state index is 5.97. The third-order valence-electron chi connectivity index (χ3n) is 2.73. The summed E-state index contributed by atoms with van der Waals surface area (Å²) >= 11 is 5.97. The molecule has 0 bridgehead atoms. The highest BCUT2D eigenvalue weighted by atomic mass is 35.5. The van der Waals surface area contributed by atoms with E-state index >= 15 is 0 Å². The average Bonchev–Trinajstić information content (AvgIpc) is 2.80. The number of halogens is 1. The molecule has 0 amide bonds. The molecule has 1 aromatic heterocycles. The summed E-state index contributed by atoms with van der Waals surface area (Å²) in [6.07, 6.45) is 0. The van der Waals surface area contributed by atoms with Gasteiger partial charge in [-0.05, 0) is 23.8 Å². The summed E-state index contributed by atoms with van der Waals surface area (Å²) in [4.78, 5) is 0. The van der Waals surface area contributed by atoms with E-state index in [2.05, 4.69) is 22.6 Å². The molecule has 0 aliphatic heterocycles. The molecule has 0 atom stereocenters. The molecule has 0 radical (unpaired) electrons. The topological polar surface area (TPSA) is 38.1 Å². The van der Waals surface area contributed by atoms with Crippen LogP contribution in [0, 0.1) is 0 Å². The molecule has 90 valence electrons. The van der Waals surface area contributed by atoms with Gasteiger partial charge in [-0.25, -0.2) is 0 Å². The van der Waals surface area contributed by atoms with Gasteiger partial charge in [-0.15, -0.1) is 0 Å².